The molecular formula is C13H20F3N3. The smallest absolute Gasteiger partial charge is 0.321 e. The van der Waals surface area contributed by atoms with Crippen LogP contribution < -0.4 is 5.32 Å². The number of imidazole rings is 1. The molecule has 108 valence electrons. The Morgan fingerprint density at radius 1 is 1.42 bits per heavy atom. The first-order chi connectivity index (χ1) is 8.95. The fourth-order valence-electron chi connectivity index (χ4n) is 2.64. The van der Waals surface area contributed by atoms with Crippen molar-refractivity contribution in [3.8, 4) is 0 Å². The fraction of sp³-hybridized carbons (Fsp3) is 0.769. The minimum Gasteiger partial charge on any atom is -0.321 e. The third-order valence-electron chi connectivity index (χ3n) is 3.59. The summed E-state index contributed by atoms with van der Waals surface area (Å²) in [5, 5.41) is 3.07. The van der Waals surface area contributed by atoms with Crippen molar-refractivity contribution in [2.45, 2.75) is 58.3 Å². The average Bonchev–Trinajstić information content (AvgIpc) is 2.75. The fourth-order valence-corrected chi connectivity index (χ4v) is 2.64. The molecule has 6 heteroatoms. The van der Waals surface area contributed by atoms with Crippen LogP contribution in [0.25, 0.3) is 0 Å². The molecule has 0 saturated carbocycles. The Balaban J connectivity index is 2.40. The standard InChI is InChI=1S/C13H20F3N3/c1-3-4-5-9(2)19-11-6-7-17-8-10(11)18-12(19)13(14,15)16/h9,17H,3-8H2,1-2H3. The van der Waals surface area contributed by atoms with Crippen molar-refractivity contribution in [3.05, 3.63) is 17.2 Å². The van der Waals surface area contributed by atoms with Gasteiger partial charge >= 0.3 is 6.18 Å². The summed E-state index contributed by atoms with van der Waals surface area (Å²) in [5.74, 6) is -0.732. The zero-order valence-electron chi connectivity index (χ0n) is 11.3. The van der Waals surface area contributed by atoms with E-state index in [-0.39, 0.29) is 6.04 Å². The van der Waals surface area contributed by atoms with E-state index in [1.807, 2.05) is 13.8 Å². The van der Waals surface area contributed by atoms with Crippen molar-refractivity contribution in [3.63, 3.8) is 0 Å². The van der Waals surface area contributed by atoms with Gasteiger partial charge in [-0.3, -0.25) is 0 Å². The molecule has 0 radical (unpaired) electrons. The highest BCUT2D eigenvalue weighted by molar-refractivity contribution is 5.22. The molecule has 2 rings (SSSR count). The van der Waals surface area contributed by atoms with Crippen molar-refractivity contribution in [2.75, 3.05) is 6.54 Å². The Bertz CT molecular complexity index is 437. The lowest BCUT2D eigenvalue weighted by atomic mass is 10.1. The van der Waals surface area contributed by atoms with Crippen LogP contribution in [0.1, 0.15) is 56.4 Å². The Morgan fingerprint density at radius 3 is 2.79 bits per heavy atom. The van der Waals surface area contributed by atoms with Crippen LogP contribution in [0.2, 0.25) is 0 Å². The Labute approximate surface area is 111 Å². The quantitative estimate of drug-likeness (QED) is 0.913. The summed E-state index contributed by atoms with van der Waals surface area (Å²) in [7, 11) is 0. The molecular weight excluding hydrogens is 255 g/mol. The van der Waals surface area contributed by atoms with Crippen LogP contribution in [0.5, 0.6) is 0 Å². The van der Waals surface area contributed by atoms with Gasteiger partial charge in [0, 0.05) is 31.2 Å². The highest BCUT2D eigenvalue weighted by Crippen LogP contribution is 2.34. The molecule has 1 aliphatic rings. The van der Waals surface area contributed by atoms with Gasteiger partial charge in [-0.2, -0.15) is 13.2 Å². The molecule has 3 nitrogen and oxygen atoms in total. The van der Waals surface area contributed by atoms with Crippen LogP contribution in [-0.4, -0.2) is 16.1 Å². The van der Waals surface area contributed by atoms with Gasteiger partial charge in [-0.05, 0) is 13.3 Å². The first-order valence-electron chi connectivity index (χ1n) is 6.83. The average molecular weight is 275 g/mol. The molecule has 0 aliphatic carbocycles. The summed E-state index contributed by atoms with van der Waals surface area (Å²) in [6.07, 6.45) is -1.07. The van der Waals surface area contributed by atoms with Gasteiger partial charge < -0.3 is 9.88 Å². The van der Waals surface area contributed by atoms with Crippen LogP contribution in [0.4, 0.5) is 13.2 Å². The van der Waals surface area contributed by atoms with Crippen LogP contribution >= 0.6 is 0 Å². The third-order valence-corrected chi connectivity index (χ3v) is 3.59. The van der Waals surface area contributed by atoms with Gasteiger partial charge in [-0.1, -0.05) is 19.8 Å². The summed E-state index contributed by atoms with van der Waals surface area (Å²) in [6, 6.07) is -0.147. The maximum absolute atomic E-state index is 13.1. The number of unbranched alkanes of at least 4 members (excludes halogenated alkanes) is 1. The van der Waals surface area contributed by atoms with E-state index in [9.17, 15) is 13.2 Å². The van der Waals surface area contributed by atoms with Crippen molar-refractivity contribution in [1.29, 1.82) is 0 Å². The molecule has 19 heavy (non-hydrogen) atoms. The van der Waals surface area contributed by atoms with Gasteiger partial charge in [-0.15, -0.1) is 0 Å². The summed E-state index contributed by atoms with van der Waals surface area (Å²) >= 11 is 0. The number of aromatic nitrogens is 2. The number of nitrogens with one attached hydrogen (secondary N) is 1. The molecule has 0 amide bonds. The number of rotatable bonds is 4. The van der Waals surface area contributed by atoms with Gasteiger partial charge in [0.25, 0.3) is 0 Å². The summed E-state index contributed by atoms with van der Waals surface area (Å²) in [4.78, 5) is 3.83. The predicted molar refractivity (Wildman–Crippen MR) is 66.9 cm³/mol. The molecule has 1 atom stereocenters. The lowest BCUT2D eigenvalue weighted by molar-refractivity contribution is -0.148. The van der Waals surface area contributed by atoms with Crippen LogP contribution in [0.15, 0.2) is 0 Å². The monoisotopic (exact) mass is 275 g/mol. The Morgan fingerprint density at radius 2 is 2.16 bits per heavy atom. The highest BCUT2D eigenvalue weighted by atomic mass is 19.4. The molecule has 1 aromatic heterocycles. The maximum atomic E-state index is 13.1. The molecule has 1 N–H and O–H groups in total. The molecule has 0 fully saturated rings. The number of halogens is 3. The molecule has 2 heterocycles. The summed E-state index contributed by atoms with van der Waals surface area (Å²) in [5.41, 5.74) is 1.32. The SMILES string of the molecule is CCCCC(C)n1c(C(F)(F)F)nc2c1CCNC2. The molecule has 1 aliphatic heterocycles. The number of hydrogen-bond acceptors (Lipinski definition) is 2. The van der Waals surface area contributed by atoms with E-state index in [4.69, 9.17) is 0 Å². The zero-order valence-corrected chi connectivity index (χ0v) is 11.3. The number of hydrogen-bond donors (Lipinski definition) is 1. The van der Waals surface area contributed by atoms with Gasteiger partial charge in [0.05, 0.1) is 5.69 Å². The summed E-state index contributed by atoms with van der Waals surface area (Å²) in [6.45, 7) is 5.06. The molecule has 0 spiro atoms. The minimum absolute atomic E-state index is 0.147. The van der Waals surface area contributed by atoms with Crippen molar-refractivity contribution < 1.29 is 13.2 Å². The van der Waals surface area contributed by atoms with Gasteiger partial charge in [-0.25, -0.2) is 4.98 Å². The van der Waals surface area contributed by atoms with Crippen molar-refractivity contribution >= 4 is 0 Å². The molecule has 0 saturated heterocycles. The summed E-state index contributed by atoms with van der Waals surface area (Å²) < 4.78 is 40.8. The van der Waals surface area contributed by atoms with Gasteiger partial charge in [0.2, 0.25) is 5.82 Å². The van der Waals surface area contributed by atoms with Crippen LogP contribution in [0, 0.1) is 0 Å². The molecule has 0 bridgehead atoms. The van der Waals surface area contributed by atoms with Gasteiger partial charge in [0.1, 0.15) is 0 Å². The third kappa shape index (κ3) is 2.94. The van der Waals surface area contributed by atoms with E-state index >= 15 is 0 Å². The minimum atomic E-state index is -4.38. The predicted octanol–water partition coefficient (Wildman–Crippen LogP) is 3.30. The van der Waals surface area contributed by atoms with E-state index in [1.165, 1.54) is 4.57 Å². The van der Waals surface area contributed by atoms with Crippen LogP contribution in [-0.2, 0) is 19.1 Å². The number of nitrogens with zero attached hydrogens (tertiary/aromatic N) is 2. The largest absolute Gasteiger partial charge is 0.449 e. The topological polar surface area (TPSA) is 29.9 Å². The number of fused-ring (bicyclic) bond motifs is 1. The Hall–Kier alpha value is -1.04. The second-order valence-electron chi connectivity index (χ2n) is 5.11. The second kappa shape index (κ2) is 5.53. The van der Waals surface area contributed by atoms with Crippen molar-refractivity contribution in [1.82, 2.24) is 14.9 Å². The molecule has 0 aromatic carbocycles. The van der Waals surface area contributed by atoms with E-state index in [0.29, 0.717) is 18.7 Å². The van der Waals surface area contributed by atoms with Crippen molar-refractivity contribution in [2.24, 2.45) is 0 Å². The molecule has 1 unspecified atom stereocenters. The second-order valence-corrected chi connectivity index (χ2v) is 5.11. The van der Waals surface area contributed by atoms with Crippen LogP contribution in [0.3, 0.4) is 0 Å². The van der Waals surface area contributed by atoms with E-state index in [0.717, 1.165) is 31.5 Å². The van der Waals surface area contributed by atoms with E-state index < -0.39 is 12.0 Å². The lowest BCUT2D eigenvalue weighted by Gasteiger charge is -2.22. The normalized spacial score (nSPS) is 17.3. The Kier molecular flexibility index (Phi) is 4.18. The maximum Gasteiger partial charge on any atom is 0.449 e. The first kappa shape index (κ1) is 14.4. The highest BCUT2D eigenvalue weighted by Gasteiger charge is 2.40. The molecule has 1 aromatic rings. The van der Waals surface area contributed by atoms with E-state index in [2.05, 4.69) is 10.3 Å². The lowest BCUT2D eigenvalue weighted by Crippen LogP contribution is -2.26. The van der Waals surface area contributed by atoms with E-state index in [1.54, 1.807) is 0 Å². The zero-order chi connectivity index (χ0) is 14.0. The first-order valence-corrected chi connectivity index (χ1v) is 6.83. The van der Waals surface area contributed by atoms with Gasteiger partial charge in [0.15, 0.2) is 0 Å². The number of alkyl halides is 3.